The monoisotopic (exact) mass is 300 g/mol. The molecule has 1 aliphatic carbocycles. The summed E-state index contributed by atoms with van der Waals surface area (Å²) in [6, 6.07) is 0. The molecular formula is C19H37Cl. The van der Waals surface area contributed by atoms with Crippen LogP contribution in [-0.2, 0) is 0 Å². The highest BCUT2D eigenvalue weighted by Gasteiger charge is 2.35. The van der Waals surface area contributed by atoms with Crippen LogP contribution in [-0.4, -0.2) is 5.88 Å². The summed E-state index contributed by atoms with van der Waals surface area (Å²) in [5, 5.41) is 0. The van der Waals surface area contributed by atoms with Crippen molar-refractivity contribution in [1.29, 1.82) is 0 Å². The standard InChI is InChI=1S/C19H37Cl/c1-4-7-9-17(6-3)15-19(16-20)13-11-18(12-14-19)10-8-5-2/h17-18H,4-16H2,1-3H3. The Hall–Kier alpha value is 0.290. The third kappa shape index (κ3) is 5.96. The van der Waals surface area contributed by atoms with E-state index in [1.807, 2.05) is 0 Å². The highest BCUT2D eigenvalue weighted by molar-refractivity contribution is 6.18. The first-order valence-electron chi connectivity index (χ1n) is 9.25. The molecule has 0 N–H and O–H groups in total. The molecule has 1 unspecified atom stereocenters. The third-order valence-electron chi connectivity index (χ3n) is 5.68. The number of hydrogen-bond acceptors (Lipinski definition) is 0. The van der Waals surface area contributed by atoms with E-state index in [-0.39, 0.29) is 0 Å². The van der Waals surface area contributed by atoms with Gasteiger partial charge in [0.05, 0.1) is 0 Å². The first-order valence-corrected chi connectivity index (χ1v) is 9.79. The van der Waals surface area contributed by atoms with Gasteiger partial charge in [-0.2, -0.15) is 0 Å². The van der Waals surface area contributed by atoms with E-state index in [9.17, 15) is 0 Å². The molecule has 0 amide bonds. The lowest BCUT2D eigenvalue weighted by Crippen LogP contribution is -2.31. The zero-order valence-corrected chi connectivity index (χ0v) is 15.0. The van der Waals surface area contributed by atoms with E-state index in [2.05, 4.69) is 20.8 Å². The maximum atomic E-state index is 6.42. The van der Waals surface area contributed by atoms with Crippen molar-refractivity contribution in [2.45, 2.75) is 97.8 Å². The van der Waals surface area contributed by atoms with Crippen molar-refractivity contribution in [3.63, 3.8) is 0 Å². The SMILES string of the molecule is CCCCC1CCC(CCl)(CC(CC)CCCC)CC1. The Morgan fingerprint density at radius 2 is 1.70 bits per heavy atom. The van der Waals surface area contributed by atoms with Gasteiger partial charge < -0.3 is 0 Å². The number of unbranched alkanes of at least 4 members (excludes halogenated alkanes) is 2. The van der Waals surface area contributed by atoms with Crippen LogP contribution >= 0.6 is 11.6 Å². The van der Waals surface area contributed by atoms with Crippen LogP contribution in [0.3, 0.4) is 0 Å². The molecule has 0 nitrogen and oxygen atoms in total. The van der Waals surface area contributed by atoms with Gasteiger partial charge >= 0.3 is 0 Å². The molecule has 0 spiro atoms. The Morgan fingerprint density at radius 1 is 1.05 bits per heavy atom. The minimum atomic E-state index is 0.485. The number of rotatable bonds is 10. The van der Waals surface area contributed by atoms with Crippen molar-refractivity contribution in [2.24, 2.45) is 17.3 Å². The number of alkyl halides is 1. The normalized spacial score (nSPS) is 28.5. The zero-order valence-electron chi connectivity index (χ0n) is 14.2. The quantitative estimate of drug-likeness (QED) is 0.374. The molecule has 1 aliphatic rings. The molecule has 0 radical (unpaired) electrons. The maximum Gasteiger partial charge on any atom is 0.0280 e. The largest absolute Gasteiger partial charge is 0.126 e. The Bertz CT molecular complexity index is 228. The van der Waals surface area contributed by atoms with Gasteiger partial charge in [0.15, 0.2) is 0 Å². The maximum absolute atomic E-state index is 6.42. The van der Waals surface area contributed by atoms with E-state index >= 15 is 0 Å². The van der Waals surface area contributed by atoms with Gasteiger partial charge in [-0.3, -0.25) is 0 Å². The van der Waals surface area contributed by atoms with Crippen molar-refractivity contribution >= 4 is 11.6 Å². The summed E-state index contributed by atoms with van der Waals surface area (Å²) in [6.07, 6.45) is 16.8. The lowest BCUT2D eigenvalue weighted by molar-refractivity contribution is 0.126. The summed E-state index contributed by atoms with van der Waals surface area (Å²) < 4.78 is 0. The molecule has 1 saturated carbocycles. The molecule has 1 fully saturated rings. The molecule has 1 rings (SSSR count). The highest BCUT2D eigenvalue weighted by atomic mass is 35.5. The molecule has 0 aromatic rings. The summed E-state index contributed by atoms with van der Waals surface area (Å²) in [5.41, 5.74) is 0.485. The first kappa shape index (κ1) is 18.3. The van der Waals surface area contributed by atoms with Crippen LogP contribution in [0.1, 0.15) is 97.8 Å². The van der Waals surface area contributed by atoms with Crippen LogP contribution in [0.2, 0.25) is 0 Å². The molecular weight excluding hydrogens is 264 g/mol. The van der Waals surface area contributed by atoms with Crippen LogP contribution < -0.4 is 0 Å². The van der Waals surface area contributed by atoms with Crippen molar-refractivity contribution in [2.75, 3.05) is 5.88 Å². The zero-order chi connectivity index (χ0) is 14.8. The molecule has 0 aliphatic heterocycles. The molecule has 1 heteroatoms. The Kier molecular flexibility index (Phi) is 9.25. The van der Waals surface area contributed by atoms with Gasteiger partial charge in [-0.15, -0.1) is 11.6 Å². The topological polar surface area (TPSA) is 0 Å². The van der Waals surface area contributed by atoms with E-state index < -0.39 is 0 Å². The molecule has 0 bridgehead atoms. The van der Waals surface area contributed by atoms with E-state index in [0.717, 1.165) is 17.7 Å². The highest BCUT2D eigenvalue weighted by Crippen LogP contribution is 2.46. The minimum Gasteiger partial charge on any atom is -0.126 e. The van der Waals surface area contributed by atoms with Gasteiger partial charge in [-0.25, -0.2) is 0 Å². The molecule has 120 valence electrons. The van der Waals surface area contributed by atoms with Crippen LogP contribution in [0.4, 0.5) is 0 Å². The van der Waals surface area contributed by atoms with Gasteiger partial charge in [-0.1, -0.05) is 65.7 Å². The fourth-order valence-corrected chi connectivity index (χ4v) is 4.40. The summed E-state index contributed by atoms with van der Waals surface area (Å²) in [6.45, 7) is 6.99. The van der Waals surface area contributed by atoms with Gasteiger partial charge in [0.2, 0.25) is 0 Å². The van der Waals surface area contributed by atoms with Gasteiger partial charge in [0, 0.05) is 5.88 Å². The molecule has 0 heterocycles. The summed E-state index contributed by atoms with van der Waals surface area (Å²) >= 11 is 6.42. The predicted molar refractivity (Wildman–Crippen MR) is 92.6 cm³/mol. The molecule has 0 saturated heterocycles. The van der Waals surface area contributed by atoms with E-state index in [1.165, 1.54) is 77.0 Å². The average Bonchev–Trinajstić information content (AvgIpc) is 2.50. The van der Waals surface area contributed by atoms with Crippen LogP contribution in [0.25, 0.3) is 0 Å². The van der Waals surface area contributed by atoms with Gasteiger partial charge in [-0.05, 0) is 49.4 Å². The predicted octanol–water partition coefficient (Wildman–Crippen LogP) is 7.20. The molecule has 1 atom stereocenters. The van der Waals surface area contributed by atoms with E-state index in [4.69, 9.17) is 11.6 Å². The van der Waals surface area contributed by atoms with Gasteiger partial charge in [0.25, 0.3) is 0 Å². The first-order chi connectivity index (χ1) is 9.69. The lowest BCUT2D eigenvalue weighted by Gasteiger charge is -2.41. The summed E-state index contributed by atoms with van der Waals surface area (Å²) in [5.74, 6) is 2.82. The fourth-order valence-electron chi connectivity index (χ4n) is 4.02. The van der Waals surface area contributed by atoms with Crippen molar-refractivity contribution in [3.8, 4) is 0 Å². The molecule has 20 heavy (non-hydrogen) atoms. The Balaban J connectivity index is 2.44. The van der Waals surface area contributed by atoms with Crippen molar-refractivity contribution in [3.05, 3.63) is 0 Å². The van der Waals surface area contributed by atoms with Crippen LogP contribution in [0.15, 0.2) is 0 Å². The van der Waals surface area contributed by atoms with E-state index in [1.54, 1.807) is 0 Å². The molecule has 0 aromatic heterocycles. The van der Waals surface area contributed by atoms with Gasteiger partial charge in [0.1, 0.15) is 0 Å². The third-order valence-corrected chi connectivity index (χ3v) is 6.25. The summed E-state index contributed by atoms with van der Waals surface area (Å²) in [7, 11) is 0. The molecule has 0 aromatic carbocycles. The number of hydrogen-bond donors (Lipinski definition) is 0. The lowest BCUT2D eigenvalue weighted by atomic mass is 9.66. The number of halogens is 1. The fraction of sp³-hybridized carbons (Fsp3) is 1.00. The van der Waals surface area contributed by atoms with Crippen LogP contribution in [0.5, 0.6) is 0 Å². The van der Waals surface area contributed by atoms with Crippen molar-refractivity contribution < 1.29 is 0 Å². The Morgan fingerprint density at radius 3 is 2.20 bits per heavy atom. The smallest absolute Gasteiger partial charge is 0.0280 e. The second kappa shape index (κ2) is 10.1. The second-order valence-electron chi connectivity index (χ2n) is 7.34. The summed E-state index contributed by atoms with van der Waals surface area (Å²) in [4.78, 5) is 0. The van der Waals surface area contributed by atoms with E-state index in [0.29, 0.717) is 5.41 Å². The Labute approximate surface area is 133 Å². The average molecular weight is 301 g/mol. The second-order valence-corrected chi connectivity index (χ2v) is 7.61. The van der Waals surface area contributed by atoms with Crippen molar-refractivity contribution in [1.82, 2.24) is 0 Å². The van der Waals surface area contributed by atoms with Crippen LogP contribution in [0, 0.1) is 17.3 Å². The minimum absolute atomic E-state index is 0.485.